The van der Waals surface area contributed by atoms with Gasteiger partial charge < -0.3 is 10.2 Å². The number of nitrogens with zero attached hydrogens (tertiary/aromatic N) is 3. The maximum Gasteiger partial charge on any atom is 0.257 e. The Labute approximate surface area is 223 Å². The van der Waals surface area contributed by atoms with Crippen molar-refractivity contribution >= 4 is 33.1 Å². The van der Waals surface area contributed by atoms with Gasteiger partial charge in [-0.15, -0.1) is 11.3 Å². The molecule has 0 unspecified atom stereocenters. The third-order valence-electron chi connectivity index (χ3n) is 7.87. The van der Waals surface area contributed by atoms with Crippen LogP contribution in [0.1, 0.15) is 48.0 Å². The summed E-state index contributed by atoms with van der Waals surface area (Å²) < 4.78 is 0. The van der Waals surface area contributed by atoms with Crippen LogP contribution in [-0.2, 0) is 6.54 Å². The molecule has 2 aromatic carbocycles. The Kier molecular flexibility index (Phi) is 7.31. The van der Waals surface area contributed by atoms with Gasteiger partial charge in [0.25, 0.3) is 5.91 Å². The van der Waals surface area contributed by atoms with Crippen LogP contribution in [0, 0.1) is 0 Å². The van der Waals surface area contributed by atoms with Crippen molar-refractivity contribution in [2.24, 2.45) is 0 Å². The van der Waals surface area contributed by atoms with Crippen LogP contribution < -0.4 is 5.32 Å². The molecule has 1 amide bonds. The predicted octanol–water partition coefficient (Wildman–Crippen LogP) is 6.67. The zero-order chi connectivity index (χ0) is 25.0. The maximum atomic E-state index is 13.9. The Hall–Kier alpha value is -3.06. The molecule has 2 saturated heterocycles. The van der Waals surface area contributed by atoms with E-state index in [-0.39, 0.29) is 5.91 Å². The molecule has 0 bridgehead atoms. The smallest absolute Gasteiger partial charge is 0.257 e. The molecule has 37 heavy (non-hydrogen) atoms. The van der Waals surface area contributed by atoms with Gasteiger partial charge in [-0.3, -0.25) is 9.69 Å². The number of hydrogen-bond acceptors (Lipinski definition) is 5. The van der Waals surface area contributed by atoms with Gasteiger partial charge in [0, 0.05) is 29.1 Å². The van der Waals surface area contributed by atoms with Crippen LogP contribution in [0.25, 0.3) is 22.2 Å². The lowest BCUT2D eigenvalue weighted by Gasteiger charge is -2.40. The van der Waals surface area contributed by atoms with E-state index in [0.717, 1.165) is 57.9 Å². The number of carbonyl (C=O) groups is 1. The van der Waals surface area contributed by atoms with E-state index >= 15 is 0 Å². The topological polar surface area (TPSA) is 48.5 Å². The molecule has 0 radical (unpaired) electrons. The largest absolute Gasteiger partial charge is 0.314 e. The fourth-order valence-electron chi connectivity index (χ4n) is 5.97. The van der Waals surface area contributed by atoms with Crippen molar-refractivity contribution in [3.63, 3.8) is 0 Å². The Morgan fingerprint density at radius 2 is 1.65 bits per heavy atom. The van der Waals surface area contributed by atoms with Crippen molar-refractivity contribution in [2.75, 3.05) is 31.5 Å². The standard InChI is InChI=1S/C31H34N4OS/c36-31(33-28-14-9-21-37-28)29-25-12-5-6-13-27(25)32-30(23-10-3-1-4-11-23)26(29)22-34-19-15-24(16-20-34)35-17-7-2-8-18-35/h1,3-6,9-14,21,24H,2,7-8,15-20,22H2,(H,33,36). The first-order valence-corrected chi connectivity index (χ1v) is 14.4. The number of thiophene rings is 1. The number of amides is 1. The SMILES string of the molecule is O=C(Nc1cccs1)c1c(CN2CCC(N3CCCCC3)CC2)c(-c2ccccc2)nc2ccccc12. The molecule has 2 aromatic heterocycles. The number of para-hydroxylation sites is 1. The summed E-state index contributed by atoms with van der Waals surface area (Å²) in [4.78, 5) is 24.2. The number of rotatable bonds is 6. The van der Waals surface area contributed by atoms with E-state index in [4.69, 9.17) is 4.98 Å². The minimum atomic E-state index is -0.0589. The molecule has 2 fully saturated rings. The van der Waals surface area contributed by atoms with E-state index in [9.17, 15) is 4.79 Å². The van der Waals surface area contributed by atoms with Gasteiger partial charge in [0.15, 0.2) is 0 Å². The first kappa shape index (κ1) is 24.3. The van der Waals surface area contributed by atoms with Crippen molar-refractivity contribution in [3.8, 4) is 11.3 Å². The number of carbonyl (C=O) groups excluding carboxylic acids is 1. The first-order valence-electron chi connectivity index (χ1n) is 13.5. The van der Waals surface area contributed by atoms with Crippen molar-refractivity contribution in [1.82, 2.24) is 14.8 Å². The molecular formula is C31H34N4OS. The van der Waals surface area contributed by atoms with Gasteiger partial charge in [0.1, 0.15) is 0 Å². The average molecular weight is 511 g/mol. The second-order valence-corrected chi connectivity index (χ2v) is 11.2. The molecular weight excluding hydrogens is 476 g/mol. The van der Waals surface area contributed by atoms with Crippen molar-refractivity contribution in [2.45, 2.75) is 44.7 Å². The number of aromatic nitrogens is 1. The molecule has 6 heteroatoms. The maximum absolute atomic E-state index is 13.9. The van der Waals surface area contributed by atoms with Gasteiger partial charge in [-0.05, 0) is 75.4 Å². The Bertz CT molecular complexity index is 1340. The summed E-state index contributed by atoms with van der Waals surface area (Å²) in [7, 11) is 0. The quantitative estimate of drug-likeness (QED) is 0.315. The minimum Gasteiger partial charge on any atom is -0.314 e. The van der Waals surface area contributed by atoms with E-state index in [0.29, 0.717) is 6.04 Å². The van der Waals surface area contributed by atoms with Gasteiger partial charge in [0.05, 0.1) is 21.8 Å². The number of hydrogen-bond donors (Lipinski definition) is 1. The lowest BCUT2D eigenvalue weighted by atomic mass is 9.94. The third kappa shape index (κ3) is 5.33. The fourth-order valence-corrected chi connectivity index (χ4v) is 6.59. The van der Waals surface area contributed by atoms with Gasteiger partial charge in [-0.1, -0.05) is 55.0 Å². The van der Waals surface area contributed by atoms with Crippen LogP contribution in [0.4, 0.5) is 5.00 Å². The molecule has 0 atom stereocenters. The highest BCUT2D eigenvalue weighted by atomic mass is 32.1. The molecule has 0 saturated carbocycles. The number of anilines is 1. The summed E-state index contributed by atoms with van der Waals surface area (Å²) in [6.07, 6.45) is 6.44. The van der Waals surface area contributed by atoms with E-state index in [1.807, 2.05) is 60.0 Å². The third-order valence-corrected chi connectivity index (χ3v) is 8.66. The molecule has 5 nitrogen and oxygen atoms in total. The summed E-state index contributed by atoms with van der Waals surface area (Å²) in [6, 6.07) is 23.0. The summed E-state index contributed by atoms with van der Waals surface area (Å²) in [6.45, 7) is 5.33. The molecule has 0 spiro atoms. The molecule has 4 aromatic rings. The zero-order valence-corrected chi connectivity index (χ0v) is 22.1. The van der Waals surface area contributed by atoms with Crippen molar-refractivity contribution < 1.29 is 4.79 Å². The average Bonchev–Trinajstić information content (AvgIpc) is 3.47. The van der Waals surface area contributed by atoms with Gasteiger partial charge >= 0.3 is 0 Å². The molecule has 2 aliphatic heterocycles. The highest BCUT2D eigenvalue weighted by molar-refractivity contribution is 7.14. The Morgan fingerprint density at radius 3 is 2.41 bits per heavy atom. The van der Waals surface area contributed by atoms with Gasteiger partial charge in [-0.25, -0.2) is 4.98 Å². The molecule has 2 aliphatic rings. The monoisotopic (exact) mass is 510 g/mol. The van der Waals surface area contributed by atoms with E-state index < -0.39 is 0 Å². The highest BCUT2D eigenvalue weighted by Gasteiger charge is 2.28. The summed E-state index contributed by atoms with van der Waals surface area (Å²) in [5.74, 6) is -0.0589. The summed E-state index contributed by atoms with van der Waals surface area (Å²) in [5, 5.41) is 6.93. The summed E-state index contributed by atoms with van der Waals surface area (Å²) >= 11 is 1.54. The number of piperidine rings is 2. The van der Waals surface area contributed by atoms with Crippen LogP contribution in [0.2, 0.25) is 0 Å². The normalized spacial score (nSPS) is 17.7. The summed E-state index contributed by atoms with van der Waals surface area (Å²) in [5.41, 5.74) is 4.59. The number of likely N-dealkylation sites (tertiary alicyclic amines) is 2. The number of nitrogens with one attached hydrogen (secondary N) is 1. The lowest BCUT2D eigenvalue weighted by molar-refractivity contribution is 0.0892. The molecule has 190 valence electrons. The van der Waals surface area contributed by atoms with Crippen molar-refractivity contribution in [3.05, 3.63) is 83.2 Å². The minimum absolute atomic E-state index is 0.0589. The van der Waals surface area contributed by atoms with Crippen LogP contribution >= 0.6 is 11.3 Å². The first-order chi connectivity index (χ1) is 18.3. The lowest BCUT2D eigenvalue weighted by Crippen LogP contribution is -2.46. The zero-order valence-electron chi connectivity index (χ0n) is 21.2. The number of pyridine rings is 1. The van der Waals surface area contributed by atoms with Gasteiger partial charge in [-0.2, -0.15) is 0 Å². The van der Waals surface area contributed by atoms with Crippen LogP contribution in [0.3, 0.4) is 0 Å². The second-order valence-electron chi connectivity index (χ2n) is 10.2. The Balaban J connectivity index is 1.37. The number of fused-ring (bicyclic) bond motifs is 1. The van der Waals surface area contributed by atoms with Crippen LogP contribution in [-0.4, -0.2) is 52.9 Å². The van der Waals surface area contributed by atoms with E-state index in [1.165, 1.54) is 45.2 Å². The molecule has 6 rings (SSSR count). The van der Waals surface area contributed by atoms with Crippen LogP contribution in [0.5, 0.6) is 0 Å². The second kappa shape index (κ2) is 11.1. The van der Waals surface area contributed by atoms with E-state index in [1.54, 1.807) is 11.3 Å². The highest BCUT2D eigenvalue weighted by Crippen LogP contribution is 2.33. The predicted molar refractivity (Wildman–Crippen MR) is 153 cm³/mol. The van der Waals surface area contributed by atoms with Gasteiger partial charge in [0.2, 0.25) is 0 Å². The molecule has 4 heterocycles. The van der Waals surface area contributed by atoms with E-state index in [2.05, 4.69) is 27.2 Å². The van der Waals surface area contributed by atoms with Crippen LogP contribution in [0.15, 0.2) is 72.1 Å². The fraction of sp³-hybridized carbons (Fsp3) is 0.355. The molecule has 0 aliphatic carbocycles. The molecule has 1 N–H and O–H groups in total. The Morgan fingerprint density at radius 1 is 0.892 bits per heavy atom. The number of benzene rings is 2. The van der Waals surface area contributed by atoms with Crippen molar-refractivity contribution in [1.29, 1.82) is 0 Å².